The SMILES string of the molecule is Cc1cc(C)c(CC2(C(=O)O)CCCCC2)c(C)c1. The zero-order valence-electron chi connectivity index (χ0n) is 12.3. The molecule has 1 aliphatic rings. The Hall–Kier alpha value is -1.31. The Morgan fingerprint density at radius 3 is 2.11 bits per heavy atom. The van der Waals surface area contributed by atoms with Gasteiger partial charge in [-0.1, -0.05) is 37.0 Å². The third-order valence-corrected chi connectivity index (χ3v) is 4.62. The number of hydrogen-bond donors (Lipinski definition) is 1. The van der Waals surface area contributed by atoms with Crippen molar-refractivity contribution >= 4 is 5.97 Å². The maximum absolute atomic E-state index is 11.8. The van der Waals surface area contributed by atoms with Gasteiger partial charge >= 0.3 is 5.97 Å². The van der Waals surface area contributed by atoms with Gasteiger partial charge in [0.25, 0.3) is 0 Å². The Bertz CT molecular complexity index is 459. The zero-order chi connectivity index (χ0) is 14.0. The van der Waals surface area contributed by atoms with Crippen LogP contribution in [0.15, 0.2) is 12.1 Å². The first-order valence-electron chi connectivity index (χ1n) is 7.25. The van der Waals surface area contributed by atoms with Crippen LogP contribution in [0.4, 0.5) is 0 Å². The Balaban J connectivity index is 2.35. The van der Waals surface area contributed by atoms with Crippen LogP contribution in [0.25, 0.3) is 0 Å². The lowest BCUT2D eigenvalue weighted by Crippen LogP contribution is -2.36. The molecule has 0 saturated heterocycles. The van der Waals surface area contributed by atoms with Gasteiger partial charge in [-0.25, -0.2) is 0 Å². The highest BCUT2D eigenvalue weighted by Crippen LogP contribution is 2.40. The van der Waals surface area contributed by atoms with Crippen LogP contribution >= 0.6 is 0 Å². The first-order valence-corrected chi connectivity index (χ1v) is 7.25. The molecular formula is C17H24O2. The standard InChI is InChI=1S/C17H24O2/c1-12-9-13(2)15(14(3)10-12)11-17(16(18)19)7-5-4-6-8-17/h9-10H,4-8,11H2,1-3H3,(H,18,19). The predicted octanol–water partition coefficient (Wildman–Crippen LogP) is 4.19. The molecule has 104 valence electrons. The molecule has 1 aliphatic carbocycles. The lowest BCUT2D eigenvalue weighted by atomic mass is 9.69. The second-order valence-corrected chi connectivity index (χ2v) is 6.20. The maximum atomic E-state index is 11.8. The molecule has 2 heteroatoms. The fourth-order valence-electron chi connectivity index (χ4n) is 3.52. The average molecular weight is 260 g/mol. The normalized spacial score (nSPS) is 18.3. The molecule has 1 fully saturated rings. The van der Waals surface area contributed by atoms with Crippen molar-refractivity contribution in [3.63, 3.8) is 0 Å². The summed E-state index contributed by atoms with van der Waals surface area (Å²) in [7, 11) is 0. The summed E-state index contributed by atoms with van der Waals surface area (Å²) >= 11 is 0. The molecule has 1 aromatic carbocycles. The minimum absolute atomic E-state index is 0.525. The predicted molar refractivity (Wildman–Crippen MR) is 77.5 cm³/mol. The van der Waals surface area contributed by atoms with Crippen LogP contribution in [0.5, 0.6) is 0 Å². The summed E-state index contributed by atoms with van der Waals surface area (Å²) in [5.74, 6) is -0.605. The van der Waals surface area contributed by atoms with Gasteiger partial charge in [0, 0.05) is 0 Å². The van der Waals surface area contributed by atoms with E-state index in [1.54, 1.807) is 0 Å². The Morgan fingerprint density at radius 1 is 1.11 bits per heavy atom. The van der Waals surface area contributed by atoms with Gasteiger partial charge in [0.1, 0.15) is 0 Å². The van der Waals surface area contributed by atoms with Gasteiger partial charge in [-0.05, 0) is 56.7 Å². The maximum Gasteiger partial charge on any atom is 0.309 e. The van der Waals surface area contributed by atoms with Crippen LogP contribution in [0.1, 0.15) is 54.4 Å². The summed E-state index contributed by atoms with van der Waals surface area (Å²) in [5, 5.41) is 9.69. The summed E-state index contributed by atoms with van der Waals surface area (Å²) in [6.45, 7) is 6.30. The van der Waals surface area contributed by atoms with E-state index < -0.39 is 11.4 Å². The molecule has 1 N–H and O–H groups in total. The van der Waals surface area contributed by atoms with Gasteiger partial charge in [-0.15, -0.1) is 0 Å². The van der Waals surface area contributed by atoms with Crippen LogP contribution in [-0.4, -0.2) is 11.1 Å². The molecule has 0 spiro atoms. The number of rotatable bonds is 3. The summed E-state index contributed by atoms with van der Waals surface area (Å²) in [6.07, 6.45) is 5.64. The molecule has 2 nitrogen and oxygen atoms in total. The highest BCUT2D eigenvalue weighted by molar-refractivity contribution is 5.75. The van der Waals surface area contributed by atoms with Gasteiger partial charge in [-0.3, -0.25) is 4.79 Å². The topological polar surface area (TPSA) is 37.3 Å². The summed E-state index contributed by atoms with van der Waals surface area (Å²) in [4.78, 5) is 11.8. The Morgan fingerprint density at radius 2 is 1.63 bits per heavy atom. The minimum Gasteiger partial charge on any atom is -0.481 e. The van der Waals surface area contributed by atoms with E-state index in [9.17, 15) is 9.90 Å². The molecule has 0 atom stereocenters. The van der Waals surface area contributed by atoms with E-state index in [0.29, 0.717) is 6.42 Å². The van der Waals surface area contributed by atoms with Crippen molar-refractivity contribution < 1.29 is 9.90 Å². The van der Waals surface area contributed by atoms with Crippen molar-refractivity contribution in [1.29, 1.82) is 0 Å². The van der Waals surface area contributed by atoms with Crippen LogP contribution < -0.4 is 0 Å². The third-order valence-electron chi connectivity index (χ3n) is 4.62. The zero-order valence-corrected chi connectivity index (χ0v) is 12.3. The highest BCUT2D eigenvalue weighted by atomic mass is 16.4. The number of benzene rings is 1. The van der Waals surface area contributed by atoms with E-state index >= 15 is 0 Å². The molecule has 0 unspecified atom stereocenters. The van der Waals surface area contributed by atoms with Crippen LogP contribution in [0, 0.1) is 26.2 Å². The van der Waals surface area contributed by atoms with Crippen molar-refractivity contribution in [3.05, 3.63) is 34.4 Å². The number of aryl methyl sites for hydroxylation is 3. The van der Waals surface area contributed by atoms with Crippen molar-refractivity contribution in [2.24, 2.45) is 5.41 Å². The van der Waals surface area contributed by atoms with Crippen molar-refractivity contribution in [3.8, 4) is 0 Å². The molecule has 0 radical (unpaired) electrons. The fourth-order valence-corrected chi connectivity index (χ4v) is 3.52. The first-order chi connectivity index (χ1) is 8.94. The molecule has 1 aromatic rings. The number of carboxylic acids is 1. The van der Waals surface area contributed by atoms with E-state index in [0.717, 1.165) is 25.7 Å². The molecule has 1 saturated carbocycles. The van der Waals surface area contributed by atoms with Crippen molar-refractivity contribution in [1.82, 2.24) is 0 Å². The van der Waals surface area contributed by atoms with E-state index in [4.69, 9.17) is 0 Å². The minimum atomic E-state index is -0.605. The smallest absolute Gasteiger partial charge is 0.309 e. The number of hydrogen-bond acceptors (Lipinski definition) is 1. The Labute approximate surface area is 115 Å². The van der Waals surface area contributed by atoms with Crippen molar-refractivity contribution in [2.45, 2.75) is 59.3 Å². The van der Waals surface area contributed by atoms with Crippen LogP contribution in [0.3, 0.4) is 0 Å². The fraction of sp³-hybridized carbons (Fsp3) is 0.588. The molecule has 19 heavy (non-hydrogen) atoms. The number of carbonyl (C=O) groups is 1. The van der Waals surface area contributed by atoms with Gasteiger partial charge in [0.05, 0.1) is 5.41 Å². The van der Waals surface area contributed by atoms with Gasteiger partial charge in [-0.2, -0.15) is 0 Å². The summed E-state index contributed by atoms with van der Waals surface area (Å²) < 4.78 is 0. The molecule has 0 bridgehead atoms. The number of carboxylic acid groups (broad SMARTS) is 1. The van der Waals surface area contributed by atoms with Gasteiger partial charge in [0.2, 0.25) is 0 Å². The highest BCUT2D eigenvalue weighted by Gasteiger charge is 2.40. The van der Waals surface area contributed by atoms with E-state index in [-0.39, 0.29) is 0 Å². The second-order valence-electron chi connectivity index (χ2n) is 6.20. The molecule has 0 aliphatic heterocycles. The molecule has 2 rings (SSSR count). The van der Waals surface area contributed by atoms with Gasteiger partial charge in [0.15, 0.2) is 0 Å². The number of aliphatic carboxylic acids is 1. The monoisotopic (exact) mass is 260 g/mol. The van der Waals surface area contributed by atoms with Crippen molar-refractivity contribution in [2.75, 3.05) is 0 Å². The van der Waals surface area contributed by atoms with Crippen LogP contribution in [0.2, 0.25) is 0 Å². The molecule has 0 amide bonds. The summed E-state index contributed by atoms with van der Waals surface area (Å²) in [6, 6.07) is 4.33. The summed E-state index contributed by atoms with van der Waals surface area (Å²) in [5.41, 5.74) is 4.46. The first kappa shape index (κ1) is 14.1. The Kier molecular flexibility index (Phi) is 3.98. The molecule has 0 heterocycles. The van der Waals surface area contributed by atoms with E-state index in [1.165, 1.54) is 28.7 Å². The molecule has 0 aromatic heterocycles. The average Bonchev–Trinajstić information content (AvgIpc) is 2.35. The quantitative estimate of drug-likeness (QED) is 0.884. The van der Waals surface area contributed by atoms with E-state index in [2.05, 4.69) is 32.9 Å². The lowest BCUT2D eigenvalue weighted by Gasteiger charge is -2.34. The van der Waals surface area contributed by atoms with Gasteiger partial charge < -0.3 is 5.11 Å². The second kappa shape index (κ2) is 5.36. The van der Waals surface area contributed by atoms with E-state index in [1.807, 2.05) is 0 Å². The molecular weight excluding hydrogens is 236 g/mol. The lowest BCUT2D eigenvalue weighted by molar-refractivity contribution is -0.151. The van der Waals surface area contributed by atoms with Crippen LogP contribution in [-0.2, 0) is 11.2 Å². The largest absolute Gasteiger partial charge is 0.481 e. The third kappa shape index (κ3) is 2.83.